The summed E-state index contributed by atoms with van der Waals surface area (Å²) in [4.78, 5) is 10.9. The maximum absolute atomic E-state index is 12.4. The number of rotatable bonds is 6. The third-order valence-electron chi connectivity index (χ3n) is 2.47. The van der Waals surface area contributed by atoms with Gasteiger partial charge in [-0.2, -0.15) is 13.2 Å². The van der Waals surface area contributed by atoms with E-state index >= 15 is 0 Å². The van der Waals surface area contributed by atoms with Gasteiger partial charge in [0.1, 0.15) is 6.54 Å². The fourth-order valence-corrected chi connectivity index (χ4v) is 1.65. The molecule has 0 saturated heterocycles. The molecule has 1 N–H and O–H groups in total. The molecule has 9 heteroatoms. The van der Waals surface area contributed by atoms with Crippen LogP contribution in [-0.2, 0) is 0 Å². The van der Waals surface area contributed by atoms with E-state index in [0.29, 0.717) is 0 Å². The summed E-state index contributed by atoms with van der Waals surface area (Å²) in [5.74, 6) is -0.141. The number of aliphatic hydroxyl groups excluding tert-OH is 1. The van der Waals surface area contributed by atoms with Gasteiger partial charge in [-0.05, 0) is 6.07 Å². The van der Waals surface area contributed by atoms with E-state index in [0.717, 1.165) is 17.0 Å². The molecule has 0 amide bonds. The Labute approximate surface area is 112 Å². The van der Waals surface area contributed by atoms with Crippen LogP contribution in [0.15, 0.2) is 18.2 Å². The number of nitrogens with zero attached hydrogens (tertiary/aromatic N) is 2. The summed E-state index contributed by atoms with van der Waals surface area (Å²) in [7, 11) is 1.19. The first kappa shape index (κ1) is 16.0. The molecule has 0 spiro atoms. The number of nitro groups is 1. The van der Waals surface area contributed by atoms with Gasteiger partial charge in [0.25, 0.3) is 0 Å². The summed E-state index contributed by atoms with van der Waals surface area (Å²) >= 11 is 0. The van der Waals surface area contributed by atoms with Crippen LogP contribution in [0.2, 0.25) is 0 Å². The van der Waals surface area contributed by atoms with Crippen LogP contribution in [0, 0.1) is 10.1 Å². The van der Waals surface area contributed by atoms with Gasteiger partial charge in [0, 0.05) is 24.4 Å². The van der Waals surface area contributed by atoms with Crippen LogP contribution in [0.3, 0.4) is 0 Å². The lowest BCUT2D eigenvalue weighted by Crippen LogP contribution is -2.36. The lowest BCUT2D eigenvalue weighted by atomic mass is 10.2. The molecule has 0 bridgehead atoms. The highest BCUT2D eigenvalue weighted by Gasteiger charge is 2.31. The van der Waals surface area contributed by atoms with E-state index in [4.69, 9.17) is 9.84 Å². The minimum absolute atomic E-state index is 0.0822. The molecular formula is C11H13F3N2O4. The van der Waals surface area contributed by atoms with Crippen molar-refractivity contribution < 1.29 is 27.9 Å². The van der Waals surface area contributed by atoms with Gasteiger partial charge >= 0.3 is 11.9 Å². The van der Waals surface area contributed by atoms with Crippen molar-refractivity contribution in [2.24, 2.45) is 0 Å². The molecule has 6 nitrogen and oxygen atoms in total. The second-order valence-corrected chi connectivity index (χ2v) is 3.87. The molecule has 0 aliphatic carbocycles. The highest BCUT2D eigenvalue weighted by atomic mass is 19.4. The number of benzene rings is 1. The van der Waals surface area contributed by atoms with Gasteiger partial charge in [-0.15, -0.1) is 0 Å². The smallest absolute Gasteiger partial charge is 0.405 e. The SMILES string of the molecule is COc1cc(N(CCO)CC(F)(F)F)ccc1[N+](=O)[O-]. The number of hydrogen-bond donors (Lipinski definition) is 1. The van der Waals surface area contributed by atoms with Gasteiger partial charge in [0.2, 0.25) is 0 Å². The Morgan fingerprint density at radius 2 is 2.10 bits per heavy atom. The van der Waals surface area contributed by atoms with E-state index in [1.165, 1.54) is 13.2 Å². The van der Waals surface area contributed by atoms with Gasteiger partial charge in [-0.1, -0.05) is 0 Å². The number of methoxy groups -OCH3 is 1. The van der Waals surface area contributed by atoms with Crippen LogP contribution in [0.4, 0.5) is 24.5 Å². The van der Waals surface area contributed by atoms with E-state index < -0.39 is 24.3 Å². The van der Waals surface area contributed by atoms with Crippen molar-refractivity contribution in [3.63, 3.8) is 0 Å². The molecule has 1 aromatic carbocycles. The minimum atomic E-state index is -4.45. The van der Waals surface area contributed by atoms with Crippen molar-refractivity contribution >= 4 is 11.4 Å². The zero-order valence-electron chi connectivity index (χ0n) is 10.6. The van der Waals surface area contributed by atoms with E-state index in [1.807, 2.05) is 0 Å². The van der Waals surface area contributed by atoms with E-state index in [2.05, 4.69) is 0 Å². The molecule has 20 heavy (non-hydrogen) atoms. The summed E-state index contributed by atoms with van der Waals surface area (Å²) in [6, 6.07) is 3.39. The van der Waals surface area contributed by atoms with E-state index in [9.17, 15) is 23.3 Å². The Kier molecular flexibility index (Phi) is 5.14. The minimum Gasteiger partial charge on any atom is -0.490 e. The fourth-order valence-electron chi connectivity index (χ4n) is 1.65. The maximum atomic E-state index is 12.4. The molecule has 0 heterocycles. The molecule has 112 valence electrons. The van der Waals surface area contributed by atoms with Crippen LogP contribution in [-0.4, -0.2) is 43.0 Å². The third kappa shape index (κ3) is 4.26. The zero-order chi connectivity index (χ0) is 15.3. The molecular weight excluding hydrogens is 281 g/mol. The molecule has 0 aliphatic rings. The second-order valence-electron chi connectivity index (χ2n) is 3.87. The quantitative estimate of drug-likeness (QED) is 0.641. The number of ether oxygens (including phenoxy) is 1. The number of nitro benzene ring substituents is 1. The van der Waals surface area contributed by atoms with Gasteiger partial charge in [-0.25, -0.2) is 0 Å². The second kappa shape index (κ2) is 6.42. The Hall–Kier alpha value is -2.03. The van der Waals surface area contributed by atoms with Crippen LogP contribution in [0.1, 0.15) is 0 Å². The zero-order valence-corrected chi connectivity index (χ0v) is 10.6. The first-order valence-electron chi connectivity index (χ1n) is 5.53. The first-order valence-corrected chi connectivity index (χ1v) is 5.53. The number of alkyl halides is 3. The molecule has 0 fully saturated rings. The number of hydrogen-bond acceptors (Lipinski definition) is 5. The van der Waals surface area contributed by atoms with Crippen LogP contribution in [0.5, 0.6) is 5.75 Å². The molecule has 0 radical (unpaired) electrons. The monoisotopic (exact) mass is 294 g/mol. The summed E-state index contributed by atoms with van der Waals surface area (Å²) in [6.07, 6.45) is -4.45. The van der Waals surface area contributed by atoms with Crippen molar-refractivity contribution in [3.05, 3.63) is 28.3 Å². The normalized spacial score (nSPS) is 11.2. The molecule has 0 saturated carbocycles. The molecule has 1 rings (SSSR count). The molecule has 0 atom stereocenters. The van der Waals surface area contributed by atoms with Gasteiger partial charge in [0.15, 0.2) is 5.75 Å². The van der Waals surface area contributed by atoms with E-state index in [1.54, 1.807) is 0 Å². The average molecular weight is 294 g/mol. The Balaban J connectivity index is 3.11. The predicted octanol–water partition coefficient (Wildman–Crippen LogP) is 1.96. The summed E-state index contributed by atoms with van der Waals surface area (Å²) < 4.78 is 42.1. The van der Waals surface area contributed by atoms with E-state index in [-0.39, 0.29) is 23.7 Å². The number of halogens is 3. The summed E-state index contributed by atoms with van der Waals surface area (Å²) in [5.41, 5.74) is -0.258. The van der Waals surface area contributed by atoms with Gasteiger partial charge in [-0.3, -0.25) is 10.1 Å². The highest BCUT2D eigenvalue weighted by molar-refractivity contribution is 5.59. The van der Waals surface area contributed by atoms with Crippen LogP contribution >= 0.6 is 0 Å². The third-order valence-corrected chi connectivity index (χ3v) is 2.47. The lowest BCUT2D eigenvalue weighted by molar-refractivity contribution is -0.385. The van der Waals surface area contributed by atoms with Crippen molar-refractivity contribution in [2.75, 3.05) is 31.7 Å². The summed E-state index contributed by atoms with van der Waals surface area (Å²) in [6.45, 7) is -2.00. The Bertz CT molecular complexity index is 479. The van der Waals surface area contributed by atoms with Gasteiger partial charge in [0.05, 0.1) is 18.6 Å². The van der Waals surface area contributed by atoms with Crippen molar-refractivity contribution in [3.8, 4) is 5.75 Å². The Morgan fingerprint density at radius 1 is 1.45 bits per heavy atom. The number of anilines is 1. The van der Waals surface area contributed by atoms with Crippen LogP contribution < -0.4 is 9.64 Å². The first-order chi connectivity index (χ1) is 9.28. The molecule has 0 aromatic heterocycles. The summed E-state index contributed by atoms with van der Waals surface area (Å²) in [5, 5.41) is 19.5. The standard InChI is InChI=1S/C11H13F3N2O4/c1-20-10-6-8(2-3-9(10)16(18)19)15(4-5-17)7-11(12,13)14/h2-3,6,17H,4-5,7H2,1H3. The van der Waals surface area contributed by atoms with Gasteiger partial charge < -0.3 is 14.7 Å². The van der Waals surface area contributed by atoms with Crippen molar-refractivity contribution in [1.29, 1.82) is 0 Å². The van der Waals surface area contributed by atoms with Crippen molar-refractivity contribution in [2.45, 2.75) is 6.18 Å². The lowest BCUT2D eigenvalue weighted by Gasteiger charge is -2.25. The molecule has 1 aromatic rings. The predicted molar refractivity (Wildman–Crippen MR) is 65.0 cm³/mol. The topological polar surface area (TPSA) is 75.8 Å². The fraction of sp³-hybridized carbons (Fsp3) is 0.455. The molecule has 0 aliphatic heterocycles. The molecule has 0 unspecified atom stereocenters. The largest absolute Gasteiger partial charge is 0.490 e. The number of aliphatic hydroxyl groups is 1. The average Bonchev–Trinajstić information content (AvgIpc) is 2.35. The maximum Gasteiger partial charge on any atom is 0.405 e. The van der Waals surface area contributed by atoms with Crippen LogP contribution in [0.25, 0.3) is 0 Å². The highest BCUT2D eigenvalue weighted by Crippen LogP contribution is 2.32. The van der Waals surface area contributed by atoms with Crippen molar-refractivity contribution in [1.82, 2.24) is 0 Å². The Morgan fingerprint density at radius 3 is 2.55 bits per heavy atom.